The van der Waals surface area contributed by atoms with Crippen molar-refractivity contribution in [3.05, 3.63) is 23.9 Å². The Labute approximate surface area is 68.4 Å². The van der Waals surface area contributed by atoms with E-state index in [-0.39, 0.29) is 5.88 Å². The van der Waals surface area contributed by atoms with Crippen LogP contribution in [-0.2, 0) is 0 Å². The molecule has 1 aromatic rings. The summed E-state index contributed by atoms with van der Waals surface area (Å²) in [7, 11) is 0. The first-order chi connectivity index (χ1) is 5.72. The third-order valence-electron chi connectivity index (χ3n) is 1.07. The summed E-state index contributed by atoms with van der Waals surface area (Å²) < 4.78 is 4.43. The van der Waals surface area contributed by atoms with Crippen LogP contribution in [0.3, 0.4) is 0 Å². The van der Waals surface area contributed by atoms with Crippen LogP contribution in [0.1, 0.15) is 5.56 Å². The standard InChI is InChI=1S/C7H5N3O2/c8-4-5-1-2-10-6(3-5)12-7(9)11/h1-3H,(H2,9,11). The van der Waals surface area contributed by atoms with Crippen LogP contribution in [0.25, 0.3) is 0 Å². The third-order valence-corrected chi connectivity index (χ3v) is 1.07. The van der Waals surface area contributed by atoms with Crippen molar-refractivity contribution in [2.45, 2.75) is 0 Å². The molecule has 12 heavy (non-hydrogen) atoms. The smallest absolute Gasteiger partial charge is 0.391 e. The minimum Gasteiger partial charge on any atom is -0.391 e. The van der Waals surface area contributed by atoms with E-state index in [2.05, 4.69) is 9.72 Å². The summed E-state index contributed by atoms with van der Waals surface area (Å²) in [5, 5.41) is 8.45. The zero-order valence-corrected chi connectivity index (χ0v) is 6.02. The maximum absolute atomic E-state index is 10.2. The number of hydrogen-bond donors (Lipinski definition) is 1. The summed E-state index contributed by atoms with van der Waals surface area (Å²) in [6.45, 7) is 0. The summed E-state index contributed by atoms with van der Waals surface area (Å²) in [6.07, 6.45) is 0.411. The fourth-order valence-corrected chi connectivity index (χ4v) is 0.638. The van der Waals surface area contributed by atoms with Gasteiger partial charge in [-0.15, -0.1) is 0 Å². The predicted molar refractivity (Wildman–Crippen MR) is 39.2 cm³/mol. The first kappa shape index (κ1) is 8.01. The molecule has 0 aliphatic carbocycles. The number of carbonyl (C=O) groups excluding carboxylic acids is 1. The number of pyridine rings is 1. The summed E-state index contributed by atoms with van der Waals surface area (Å²) in [5.74, 6) is 0.0292. The van der Waals surface area contributed by atoms with Crippen LogP contribution in [0.5, 0.6) is 5.88 Å². The molecule has 60 valence electrons. The van der Waals surface area contributed by atoms with Gasteiger partial charge >= 0.3 is 6.09 Å². The average Bonchev–Trinajstić information content (AvgIpc) is 2.03. The molecule has 1 heterocycles. The lowest BCUT2D eigenvalue weighted by atomic mass is 10.3. The second-order valence-corrected chi connectivity index (χ2v) is 1.92. The molecule has 0 spiro atoms. The van der Waals surface area contributed by atoms with E-state index in [0.29, 0.717) is 5.56 Å². The number of aromatic nitrogens is 1. The molecule has 0 unspecified atom stereocenters. The van der Waals surface area contributed by atoms with Gasteiger partial charge in [-0.1, -0.05) is 0 Å². The molecule has 0 aliphatic rings. The van der Waals surface area contributed by atoms with Gasteiger partial charge in [0.2, 0.25) is 5.88 Å². The number of nitrogens with zero attached hydrogens (tertiary/aromatic N) is 2. The van der Waals surface area contributed by atoms with Gasteiger partial charge < -0.3 is 10.5 Å². The molecule has 2 N–H and O–H groups in total. The van der Waals surface area contributed by atoms with Crippen molar-refractivity contribution in [3.63, 3.8) is 0 Å². The Morgan fingerprint density at radius 2 is 2.50 bits per heavy atom. The molecule has 0 bridgehead atoms. The van der Waals surface area contributed by atoms with Crippen molar-refractivity contribution >= 4 is 6.09 Å². The van der Waals surface area contributed by atoms with Gasteiger partial charge in [0, 0.05) is 12.3 Å². The van der Waals surface area contributed by atoms with Gasteiger partial charge in [-0.05, 0) is 6.07 Å². The van der Waals surface area contributed by atoms with Crippen LogP contribution in [0, 0.1) is 11.3 Å². The first-order valence-electron chi connectivity index (χ1n) is 3.06. The Morgan fingerprint density at radius 3 is 3.08 bits per heavy atom. The SMILES string of the molecule is N#Cc1ccnc(OC(N)=O)c1. The van der Waals surface area contributed by atoms with Crippen molar-refractivity contribution in [1.29, 1.82) is 5.26 Å². The predicted octanol–water partition coefficient (Wildman–Crippen LogP) is 0.411. The van der Waals surface area contributed by atoms with Crippen molar-refractivity contribution in [1.82, 2.24) is 4.98 Å². The average molecular weight is 163 g/mol. The zero-order valence-electron chi connectivity index (χ0n) is 6.02. The molecule has 0 saturated carbocycles. The summed E-state index contributed by atoms with van der Waals surface area (Å²) >= 11 is 0. The van der Waals surface area contributed by atoms with Crippen molar-refractivity contribution in [2.75, 3.05) is 0 Å². The molecular formula is C7H5N3O2. The van der Waals surface area contributed by atoms with Crippen LogP contribution >= 0.6 is 0 Å². The highest BCUT2D eigenvalue weighted by molar-refractivity contribution is 5.67. The van der Waals surface area contributed by atoms with E-state index < -0.39 is 6.09 Å². The Kier molecular flexibility index (Phi) is 2.23. The molecule has 0 fully saturated rings. The normalized spacial score (nSPS) is 8.58. The number of amides is 1. The summed E-state index contributed by atoms with van der Waals surface area (Å²) in [4.78, 5) is 13.9. The lowest BCUT2D eigenvalue weighted by molar-refractivity contribution is 0.209. The zero-order chi connectivity index (χ0) is 8.97. The van der Waals surface area contributed by atoms with Gasteiger partial charge in [0.25, 0.3) is 0 Å². The highest BCUT2D eigenvalue weighted by atomic mass is 16.6. The topological polar surface area (TPSA) is 89.0 Å². The number of nitrogens with two attached hydrogens (primary N) is 1. The van der Waals surface area contributed by atoms with E-state index in [1.54, 1.807) is 0 Å². The van der Waals surface area contributed by atoms with Crippen molar-refractivity contribution < 1.29 is 9.53 Å². The lowest BCUT2D eigenvalue weighted by Crippen LogP contribution is -2.16. The molecule has 0 aromatic carbocycles. The molecule has 0 radical (unpaired) electrons. The monoisotopic (exact) mass is 163 g/mol. The van der Waals surface area contributed by atoms with E-state index in [1.807, 2.05) is 6.07 Å². The molecule has 5 nitrogen and oxygen atoms in total. The van der Waals surface area contributed by atoms with Crippen LogP contribution in [0.4, 0.5) is 4.79 Å². The largest absolute Gasteiger partial charge is 0.411 e. The van der Waals surface area contributed by atoms with Crippen LogP contribution in [0.15, 0.2) is 18.3 Å². The number of primary amides is 1. The van der Waals surface area contributed by atoms with Gasteiger partial charge in [0.1, 0.15) is 0 Å². The number of hydrogen-bond acceptors (Lipinski definition) is 4. The number of nitriles is 1. The van der Waals surface area contributed by atoms with Gasteiger partial charge in [-0.2, -0.15) is 5.26 Å². The number of ether oxygens (including phenoxy) is 1. The fraction of sp³-hybridized carbons (Fsp3) is 0. The molecule has 5 heteroatoms. The Balaban J connectivity index is 2.88. The van der Waals surface area contributed by atoms with Crippen LogP contribution in [-0.4, -0.2) is 11.1 Å². The molecule has 0 atom stereocenters. The van der Waals surface area contributed by atoms with Gasteiger partial charge in [-0.25, -0.2) is 9.78 Å². The quantitative estimate of drug-likeness (QED) is 0.649. The van der Waals surface area contributed by atoms with Gasteiger partial charge in [0.05, 0.1) is 11.6 Å². The third kappa shape index (κ3) is 1.95. The highest BCUT2D eigenvalue weighted by Gasteiger charge is 2.00. The van der Waals surface area contributed by atoms with E-state index in [4.69, 9.17) is 11.0 Å². The molecule has 1 aromatic heterocycles. The maximum atomic E-state index is 10.2. The van der Waals surface area contributed by atoms with E-state index in [0.717, 1.165) is 0 Å². The second-order valence-electron chi connectivity index (χ2n) is 1.92. The first-order valence-corrected chi connectivity index (χ1v) is 3.06. The molecule has 0 aliphatic heterocycles. The van der Waals surface area contributed by atoms with Crippen molar-refractivity contribution in [2.24, 2.45) is 5.73 Å². The maximum Gasteiger partial charge on any atom is 0.411 e. The Morgan fingerprint density at radius 1 is 1.75 bits per heavy atom. The minimum atomic E-state index is -0.947. The minimum absolute atomic E-state index is 0.0292. The van der Waals surface area contributed by atoms with E-state index in [1.165, 1.54) is 18.3 Å². The summed E-state index contributed by atoms with van der Waals surface area (Å²) in [5.41, 5.74) is 5.09. The highest BCUT2D eigenvalue weighted by Crippen LogP contribution is 2.07. The van der Waals surface area contributed by atoms with E-state index in [9.17, 15) is 4.79 Å². The molecule has 1 rings (SSSR count). The molecule has 0 saturated heterocycles. The van der Waals surface area contributed by atoms with Crippen LogP contribution < -0.4 is 10.5 Å². The molecular weight excluding hydrogens is 158 g/mol. The van der Waals surface area contributed by atoms with E-state index >= 15 is 0 Å². The lowest BCUT2D eigenvalue weighted by Gasteiger charge is -1.97. The van der Waals surface area contributed by atoms with Gasteiger partial charge in [0.15, 0.2) is 0 Å². The number of carbonyl (C=O) groups is 1. The fourth-order valence-electron chi connectivity index (χ4n) is 0.638. The van der Waals surface area contributed by atoms with Crippen molar-refractivity contribution in [3.8, 4) is 11.9 Å². The second kappa shape index (κ2) is 3.34. The number of rotatable bonds is 1. The van der Waals surface area contributed by atoms with Crippen LogP contribution in [0.2, 0.25) is 0 Å². The Hall–Kier alpha value is -2.09. The summed E-state index contributed by atoms with van der Waals surface area (Å²) in [6, 6.07) is 4.69. The van der Waals surface area contributed by atoms with Gasteiger partial charge in [-0.3, -0.25) is 0 Å². The Bertz CT molecular complexity index is 343. The molecule has 1 amide bonds.